The van der Waals surface area contributed by atoms with Gasteiger partial charge in [0.1, 0.15) is 22.9 Å². The molecule has 2 aromatic heterocycles. The monoisotopic (exact) mass is 411 g/mol. The second-order valence-electron chi connectivity index (χ2n) is 6.30. The first-order chi connectivity index (χ1) is 12.0. The van der Waals surface area contributed by atoms with Gasteiger partial charge in [-0.2, -0.15) is 5.10 Å². The molecule has 0 bridgehead atoms. The van der Waals surface area contributed by atoms with Crippen LogP contribution in [-0.2, 0) is 23.1 Å². The molecule has 1 aliphatic heterocycles. The Labute approximate surface area is 153 Å². The fourth-order valence-electron chi connectivity index (χ4n) is 3.21. The molecule has 3 rings (SSSR count). The zero-order chi connectivity index (χ0) is 18.0. The Morgan fingerprint density at radius 3 is 3.04 bits per heavy atom. The predicted molar refractivity (Wildman–Crippen MR) is 96.3 cm³/mol. The number of hydrogen-bond donors (Lipinski definition) is 0. The maximum Gasteiger partial charge on any atom is 0.266 e. The Morgan fingerprint density at radius 2 is 2.28 bits per heavy atom. The van der Waals surface area contributed by atoms with Crippen LogP contribution in [0.1, 0.15) is 19.8 Å². The van der Waals surface area contributed by atoms with E-state index in [0.717, 1.165) is 19.4 Å². The van der Waals surface area contributed by atoms with Crippen LogP contribution in [0.5, 0.6) is 0 Å². The molecule has 1 unspecified atom stereocenters. The number of nitrogens with zero attached hydrogens (tertiary/aromatic N) is 5. The van der Waals surface area contributed by atoms with Crippen LogP contribution in [0.3, 0.4) is 0 Å². The number of halogens is 1. The molecule has 8 nitrogen and oxygen atoms in total. The number of amides is 1. The van der Waals surface area contributed by atoms with Crippen molar-refractivity contribution in [1.29, 1.82) is 0 Å². The normalized spacial score (nSPS) is 18.0. The highest BCUT2D eigenvalue weighted by Crippen LogP contribution is 2.18. The van der Waals surface area contributed by atoms with Crippen molar-refractivity contribution in [2.45, 2.75) is 26.3 Å². The molecule has 136 valence electrons. The second kappa shape index (κ2) is 7.65. The topological polar surface area (TPSA) is 82.2 Å². The van der Waals surface area contributed by atoms with Crippen LogP contribution in [0.15, 0.2) is 15.7 Å². The van der Waals surface area contributed by atoms with E-state index in [1.165, 1.54) is 15.6 Å². The molecular weight excluding hydrogens is 390 g/mol. The Balaban J connectivity index is 1.75. The fourth-order valence-corrected chi connectivity index (χ4v) is 3.79. The van der Waals surface area contributed by atoms with Crippen LogP contribution < -0.4 is 5.56 Å². The summed E-state index contributed by atoms with van der Waals surface area (Å²) in [6, 6.07) is 0. The van der Waals surface area contributed by atoms with E-state index in [1.807, 2.05) is 11.8 Å². The molecule has 1 atom stereocenters. The predicted octanol–water partition coefficient (Wildman–Crippen LogP) is 1.17. The van der Waals surface area contributed by atoms with Gasteiger partial charge >= 0.3 is 0 Å². The first-order valence-corrected chi connectivity index (χ1v) is 9.23. The lowest BCUT2D eigenvalue weighted by atomic mass is 9.99. The quantitative estimate of drug-likeness (QED) is 0.737. The van der Waals surface area contributed by atoms with Gasteiger partial charge in [-0.25, -0.2) is 9.67 Å². The minimum Gasteiger partial charge on any atom is -0.381 e. The zero-order valence-electron chi connectivity index (χ0n) is 14.4. The van der Waals surface area contributed by atoms with Crippen molar-refractivity contribution >= 4 is 32.9 Å². The number of aryl methyl sites for hydroxylation is 1. The summed E-state index contributed by atoms with van der Waals surface area (Å²) >= 11 is 3.28. The Hall–Kier alpha value is -1.74. The lowest BCUT2D eigenvalue weighted by Gasteiger charge is -2.32. The van der Waals surface area contributed by atoms with Crippen LogP contribution >= 0.6 is 15.9 Å². The van der Waals surface area contributed by atoms with E-state index in [1.54, 1.807) is 7.05 Å². The van der Waals surface area contributed by atoms with Crippen LogP contribution in [0, 0.1) is 5.92 Å². The largest absolute Gasteiger partial charge is 0.381 e. The minimum absolute atomic E-state index is 0.00946. The third kappa shape index (κ3) is 3.77. The van der Waals surface area contributed by atoms with Gasteiger partial charge in [0.2, 0.25) is 5.91 Å². The lowest BCUT2D eigenvalue weighted by molar-refractivity contribution is -0.134. The van der Waals surface area contributed by atoms with E-state index >= 15 is 0 Å². The number of hydrogen-bond acceptors (Lipinski definition) is 5. The molecule has 0 radical (unpaired) electrons. The first kappa shape index (κ1) is 18.1. The molecule has 1 aliphatic rings. The highest BCUT2D eigenvalue weighted by atomic mass is 79.9. The molecule has 1 amide bonds. The summed E-state index contributed by atoms with van der Waals surface area (Å²) in [5.74, 6) is 0.298. The van der Waals surface area contributed by atoms with Gasteiger partial charge in [0.25, 0.3) is 5.56 Å². The number of ether oxygens (including phenoxy) is 1. The third-order valence-corrected chi connectivity index (χ3v) is 5.06. The van der Waals surface area contributed by atoms with Crippen LogP contribution in [0.4, 0.5) is 0 Å². The van der Waals surface area contributed by atoms with Gasteiger partial charge in [0, 0.05) is 26.7 Å². The van der Waals surface area contributed by atoms with Crippen LogP contribution in [0.2, 0.25) is 0 Å². The van der Waals surface area contributed by atoms with Crippen molar-refractivity contribution in [3.8, 4) is 0 Å². The van der Waals surface area contributed by atoms with Gasteiger partial charge in [-0.3, -0.25) is 14.2 Å². The van der Waals surface area contributed by atoms with Crippen LogP contribution in [-0.4, -0.2) is 56.4 Å². The maximum absolute atomic E-state index is 12.6. The van der Waals surface area contributed by atoms with Crippen molar-refractivity contribution < 1.29 is 9.53 Å². The molecule has 0 saturated carbocycles. The van der Waals surface area contributed by atoms with E-state index in [-0.39, 0.29) is 18.0 Å². The molecule has 3 heterocycles. The van der Waals surface area contributed by atoms with Gasteiger partial charge in [0.05, 0.1) is 6.61 Å². The molecule has 0 aromatic carbocycles. The summed E-state index contributed by atoms with van der Waals surface area (Å²) in [7, 11) is 1.72. The van der Waals surface area contributed by atoms with Crippen molar-refractivity contribution in [2.24, 2.45) is 13.0 Å². The summed E-state index contributed by atoms with van der Waals surface area (Å²) in [6.07, 6.45) is 3.45. The lowest BCUT2D eigenvalue weighted by Crippen LogP contribution is -2.43. The first-order valence-electron chi connectivity index (χ1n) is 8.44. The Bertz CT molecular complexity index is 831. The second-order valence-corrected chi connectivity index (χ2v) is 7.05. The van der Waals surface area contributed by atoms with Gasteiger partial charge in [-0.05, 0) is 41.6 Å². The number of likely N-dealkylation sites (tertiary alicyclic amines) is 1. The Kier molecular flexibility index (Phi) is 5.53. The van der Waals surface area contributed by atoms with Crippen molar-refractivity contribution in [2.75, 3.05) is 26.3 Å². The molecule has 1 fully saturated rings. The molecule has 0 spiro atoms. The summed E-state index contributed by atoms with van der Waals surface area (Å²) in [6.45, 7) is 4.73. The van der Waals surface area contributed by atoms with E-state index in [0.29, 0.717) is 41.3 Å². The van der Waals surface area contributed by atoms with E-state index in [4.69, 9.17) is 4.74 Å². The average Bonchev–Trinajstić information content (AvgIpc) is 2.90. The molecule has 25 heavy (non-hydrogen) atoms. The molecule has 1 saturated heterocycles. The van der Waals surface area contributed by atoms with Crippen molar-refractivity contribution in [3.05, 3.63) is 21.3 Å². The van der Waals surface area contributed by atoms with E-state index in [9.17, 15) is 9.59 Å². The summed E-state index contributed by atoms with van der Waals surface area (Å²) in [5.41, 5.74) is 0.233. The van der Waals surface area contributed by atoms with E-state index in [2.05, 4.69) is 26.0 Å². The number of piperidine rings is 1. The SMILES string of the molecule is CCOCC1CCCN(C(=O)Cn2cnc3c(c(Br)nn3C)c2=O)C1. The molecule has 9 heteroatoms. The number of rotatable bonds is 5. The van der Waals surface area contributed by atoms with Crippen molar-refractivity contribution in [1.82, 2.24) is 24.2 Å². The fraction of sp³-hybridized carbons (Fsp3) is 0.625. The van der Waals surface area contributed by atoms with Crippen LogP contribution in [0.25, 0.3) is 11.0 Å². The average molecular weight is 412 g/mol. The Morgan fingerprint density at radius 1 is 1.48 bits per heavy atom. The van der Waals surface area contributed by atoms with E-state index < -0.39 is 0 Å². The highest BCUT2D eigenvalue weighted by Gasteiger charge is 2.24. The maximum atomic E-state index is 12.6. The summed E-state index contributed by atoms with van der Waals surface area (Å²) in [4.78, 5) is 31.3. The number of carbonyl (C=O) groups excluding carboxylic acids is 1. The molecular formula is C16H22BrN5O3. The zero-order valence-corrected chi connectivity index (χ0v) is 16.0. The summed E-state index contributed by atoms with van der Waals surface area (Å²) < 4.78 is 8.82. The molecule has 0 aliphatic carbocycles. The number of aromatic nitrogens is 4. The van der Waals surface area contributed by atoms with Gasteiger partial charge in [-0.1, -0.05) is 0 Å². The van der Waals surface area contributed by atoms with Gasteiger partial charge < -0.3 is 9.64 Å². The van der Waals surface area contributed by atoms with Gasteiger partial charge in [0.15, 0.2) is 5.65 Å². The highest BCUT2D eigenvalue weighted by molar-refractivity contribution is 9.10. The minimum atomic E-state index is -0.263. The smallest absolute Gasteiger partial charge is 0.266 e. The van der Waals surface area contributed by atoms with Gasteiger partial charge in [-0.15, -0.1) is 0 Å². The molecule has 0 N–H and O–H groups in total. The number of carbonyl (C=O) groups is 1. The third-order valence-electron chi connectivity index (χ3n) is 4.50. The number of fused-ring (bicyclic) bond motifs is 1. The standard InChI is InChI=1S/C16H22BrN5O3/c1-3-25-9-11-5-4-6-21(7-11)12(23)8-22-10-18-15-13(16(22)24)14(17)19-20(15)2/h10-11H,3-9H2,1-2H3. The summed E-state index contributed by atoms with van der Waals surface area (Å²) in [5, 5.41) is 4.54. The van der Waals surface area contributed by atoms with Crippen molar-refractivity contribution in [3.63, 3.8) is 0 Å². The molecule has 2 aromatic rings.